The number of carbonyl (C=O) groups is 1. The molecule has 0 aliphatic carbocycles. The van der Waals surface area contributed by atoms with Gasteiger partial charge in [-0.15, -0.1) is 0 Å². The summed E-state index contributed by atoms with van der Waals surface area (Å²) in [5.41, 5.74) is 0. The Bertz CT molecular complexity index is 438. The van der Waals surface area contributed by atoms with Crippen LogP contribution in [0.3, 0.4) is 0 Å². The smallest absolute Gasteiger partial charge is 0.303 e. The molecule has 6 heteroatoms. The fourth-order valence-electron chi connectivity index (χ4n) is 2.32. The first-order valence-corrected chi connectivity index (χ1v) is 6.71. The van der Waals surface area contributed by atoms with Crippen molar-refractivity contribution in [2.75, 3.05) is 29.9 Å². The van der Waals surface area contributed by atoms with Crippen LogP contribution in [0.1, 0.15) is 26.2 Å². The summed E-state index contributed by atoms with van der Waals surface area (Å²) in [6.07, 6.45) is 3.75. The molecule has 0 bridgehead atoms. The Hall–Kier alpha value is -1.85. The van der Waals surface area contributed by atoms with Crippen LogP contribution in [0.5, 0.6) is 0 Å². The summed E-state index contributed by atoms with van der Waals surface area (Å²) in [5, 5.41) is 12.0. The third-order valence-electron chi connectivity index (χ3n) is 3.28. The van der Waals surface area contributed by atoms with E-state index in [1.807, 2.05) is 6.07 Å². The Morgan fingerprint density at radius 1 is 1.58 bits per heavy atom. The molecule has 1 unspecified atom stereocenters. The zero-order valence-corrected chi connectivity index (χ0v) is 11.2. The quantitative estimate of drug-likeness (QED) is 0.812. The van der Waals surface area contributed by atoms with Crippen LogP contribution in [0, 0.1) is 5.92 Å². The molecule has 1 saturated heterocycles. The van der Waals surface area contributed by atoms with Crippen LogP contribution < -0.4 is 10.2 Å². The number of hydrogen-bond acceptors (Lipinski definition) is 5. The van der Waals surface area contributed by atoms with Crippen LogP contribution >= 0.6 is 0 Å². The standard InChI is InChI=1S/C13H20N4O2/c1-2-4-14-11-7-12(16-9-15-11)17-5-3-10(8-17)6-13(18)19/h7,9-10H,2-6,8H2,1H3,(H,18,19)(H,14,15,16). The molecule has 0 amide bonds. The van der Waals surface area contributed by atoms with Crippen LogP contribution in [0.15, 0.2) is 12.4 Å². The van der Waals surface area contributed by atoms with E-state index in [-0.39, 0.29) is 12.3 Å². The van der Waals surface area contributed by atoms with E-state index in [0.717, 1.165) is 44.1 Å². The molecule has 104 valence electrons. The lowest BCUT2D eigenvalue weighted by molar-refractivity contribution is -0.137. The van der Waals surface area contributed by atoms with Gasteiger partial charge in [-0.05, 0) is 18.8 Å². The molecule has 19 heavy (non-hydrogen) atoms. The minimum atomic E-state index is -0.722. The Labute approximate surface area is 112 Å². The molecule has 2 heterocycles. The Morgan fingerprint density at radius 3 is 3.16 bits per heavy atom. The zero-order chi connectivity index (χ0) is 13.7. The van der Waals surface area contributed by atoms with Gasteiger partial charge in [0.1, 0.15) is 18.0 Å². The Morgan fingerprint density at radius 2 is 2.42 bits per heavy atom. The lowest BCUT2D eigenvalue weighted by atomic mass is 10.1. The van der Waals surface area contributed by atoms with Crippen molar-refractivity contribution in [3.05, 3.63) is 12.4 Å². The number of carboxylic acid groups (broad SMARTS) is 1. The van der Waals surface area contributed by atoms with Crippen molar-refractivity contribution in [1.29, 1.82) is 0 Å². The molecule has 6 nitrogen and oxygen atoms in total. The number of aromatic nitrogens is 2. The van der Waals surface area contributed by atoms with Gasteiger partial charge in [-0.25, -0.2) is 9.97 Å². The number of rotatable bonds is 6. The van der Waals surface area contributed by atoms with E-state index in [9.17, 15) is 4.79 Å². The molecular formula is C13H20N4O2. The summed E-state index contributed by atoms with van der Waals surface area (Å²) < 4.78 is 0. The summed E-state index contributed by atoms with van der Waals surface area (Å²) in [6, 6.07) is 1.93. The van der Waals surface area contributed by atoms with Crippen molar-refractivity contribution in [2.24, 2.45) is 5.92 Å². The molecular weight excluding hydrogens is 244 g/mol. The van der Waals surface area contributed by atoms with Crippen LogP contribution in [0.25, 0.3) is 0 Å². The first-order chi connectivity index (χ1) is 9.19. The topological polar surface area (TPSA) is 78.4 Å². The molecule has 0 radical (unpaired) electrons. The second-order valence-electron chi connectivity index (χ2n) is 4.89. The van der Waals surface area contributed by atoms with Crippen molar-refractivity contribution < 1.29 is 9.90 Å². The van der Waals surface area contributed by atoms with Crippen LogP contribution in [0.4, 0.5) is 11.6 Å². The van der Waals surface area contributed by atoms with E-state index in [1.165, 1.54) is 0 Å². The number of nitrogens with zero attached hydrogens (tertiary/aromatic N) is 3. The first-order valence-electron chi connectivity index (χ1n) is 6.71. The van der Waals surface area contributed by atoms with Gasteiger partial charge in [0, 0.05) is 32.1 Å². The summed E-state index contributed by atoms with van der Waals surface area (Å²) in [6.45, 7) is 4.61. The molecule has 1 aromatic rings. The fraction of sp³-hybridized carbons (Fsp3) is 0.615. The number of aliphatic carboxylic acids is 1. The van der Waals surface area contributed by atoms with Crippen LogP contribution in [-0.4, -0.2) is 40.7 Å². The number of hydrogen-bond donors (Lipinski definition) is 2. The van der Waals surface area contributed by atoms with Crippen molar-refractivity contribution in [1.82, 2.24) is 9.97 Å². The monoisotopic (exact) mass is 264 g/mol. The zero-order valence-electron chi connectivity index (χ0n) is 11.2. The van der Waals surface area contributed by atoms with Crippen molar-refractivity contribution >= 4 is 17.6 Å². The molecule has 2 rings (SSSR count). The third kappa shape index (κ3) is 3.81. The minimum Gasteiger partial charge on any atom is -0.481 e. The molecule has 1 aliphatic heterocycles. The van der Waals surface area contributed by atoms with Gasteiger partial charge < -0.3 is 15.3 Å². The number of nitrogens with one attached hydrogen (secondary N) is 1. The second-order valence-corrected chi connectivity index (χ2v) is 4.89. The Kier molecular flexibility index (Phi) is 4.54. The normalized spacial score (nSPS) is 18.6. The first kappa shape index (κ1) is 13.6. The molecule has 0 spiro atoms. The summed E-state index contributed by atoms with van der Waals surface area (Å²) in [7, 11) is 0. The summed E-state index contributed by atoms with van der Waals surface area (Å²) in [5.74, 6) is 1.20. The van der Waals surface area contributed by atoms with Crippen molar-refractivity contribution in [3.63, 3.8) is 0 Å². The van der Waals surface area contributed by atoms with Gasteiger partial charge in [-0.3, -0.25) is 4.79 Å². The van der Waals surface area contributed by atoms with Gasteiger partial charge in [0.2, 0.25) is 0 Å². The molecule has 1 atom stereocenters. The SMILES string of the molecule is CCCNc1cc(N2CCC(CC(=O)O)C2)ncn1. The van der Waals surface area contributed by atoms with E-state index in [1.54, 1.807) is 6.33 Å². The van der Waals surface area contributed by atoms with E-state index < -0.39 is 5.97 Å². The maximum Gasteiger partial charge on any atom is 0.303 e. The van der Waals surface area contributed by atoms with Gasteiger partial charge in [0.05, 0.1) is 0 Å². The lowest BCUT2D eigenvalue weighted by Gasteiger charge is -2.17. The third-order valence-corrected chi connectivity index (χ3v) is 3.28. The maximum atomic E-state index is 10.7. The molecule has 0 aromatic carbocycles. The van der Waals surface area contributed by atoms with Gasteiger partial charge in [-0.2, -0.15) is 0 Å². The lowest BCUT2D eigenvalue weighted by Crippen LogP contribution is -2.22. The molecule has 2 N–H and O–H groups in total. The van der Waals surface area contributed by atoms with Gasteiger partial charge in [0.15, 0.2) is 0 Å². The summed E-state index contributed by atoms with van der Waals surface area (Å²) >= 11 is 0. The average molecular weight is 264 g/mol. The predicted octanol–water partition coefficient (Wildman–Crippen LogP) is 1.60. The highest BCUT2D eigenvalue weighted by molar-refractivity contribution is 5.67. The highest BCUT2D eigenvalue weighted by Gasteiger charge is 2.25. The maximum absolute atomic E-state index is 10.7. The second kappa shape index (κ2) is 6.36. The molecule has 1 aliphatic rings. The average Bonchev–Trinajstić information content (AvgIpc) is 2.84. The predicted molar refractivity (Wildman–Crippen MR) is 73.4 cm³/mol. The minimum absolute atomic E-state index is 0.222. The highest BCUT2D eigenvalue weighted by atomic mass is 16.4. The van der Waals surface area contributed by atoms with Gasteiger partial charge in [-0.1, -0.05) is 6.92 Å². The van der Waals surface area contributed by atoms with E-state index in [4.69, 9.17) is 5.11 Å². The largest absolute Gasteiger partial charge is 0.481 e. The number of anilines is 2. The van der Waals surface area contributed by atoms with E-state index in [2.05, 4.69) is 27.1 Å². The Balaban J connectivity index is 1.96. The van der Waals surface area contributed by atoms with Crippen LogP contribution in [-0.2, 0) is 4.79 Å². The summed E-state index contributed by atoms with van der Waals surface area (Å²) in [4.78, 5) is 21.3. The highest BCUT2D eigenvalue weighted by Crippen LogP contribution is 2.25. The van der Waals surface area contributed by atoms with E-state index >= 15 is 0 Å². The fourth-order valence-corrected chi connectivity index (χ4v) is 2.32. The number of carboxylic acids is 1. The molecule has 1 aromatic heterocycles. The van der Waals surface area contributed by atoms with Gasteiger partial charge in [0.25, 0.3) is 0 Å². The molecule has 1 fully saturated rings. The van der Waals surface area contributed by atoms with E-state index in [0.29, 0.717) is 0 Å². The van der Waals surface area contributed by atoms with Gasteiger partial charge >= 0.3 is 5.97 Å². The van der Waals surface area contributed by atoms with Crippen molar-refractivity contribution in [3.8, 4) is 0 Å². The molecule has 0 saturated carbocycles. The van der Waals surface area contributed by atoms with Crippen molar-refractivity contribution in [2.45, 2.75) is 26.2 Å². The van der Waals surface area contributed by atoms with Crippen LogP contribution in [0.2, 0.25) is 0 Å².